The van der Waals surface area contributed by atoms with Crippen molar-refractivity contribution in [3.8, 4) is 5.19 Å². The van der Waals surface area contributed by atoms with E-state index in [2.05, 4.69) is 20.9 Å². The van der Waals surface area contributed by atoms with Crippen LogP contribution in [0.1, 0.15) is 23.2 Å². The van der Waals surface area contributed by atoms with Crippen LogP contribution in [0.5, 0.6) is 5.19 Å². The molecule has 0 unspecified atom stereocenters. The van der Waals surface area contributed by atoms with Gasteiger partial charge in [-0.25, -0.2) is 9.37 Å². The molecule has 0 spiro atoms. The fourth-order valence-corrected chi connectivity index (χ4v) is 4.19. The fourth-order valence-electron chi connectivity index (χ4n) is 3.02. The molecule has 4 rings (SSSR count). The second-order valence-corrected chi connectivity index (χ2v) is 8.12. The summed E-state index contributed by atoms with van der Waals surface area (Å²) in [6.07, 6.45) is 1.54. The van der Waals surface area contributed by atoms with E-state index in [1.807, 2.05) is 29.2 Å². The van der Waals surface area contributed by atoms with E-state index in [9.17, 15) is 9.18 Å². The highest BCUT2D eigenvalue weighted by atomic mass is 79.9. The second kappa shape index (κ2) is 7.32. The van der Waals surface area contributed by atoms with E-state index >= 15 is 0 Å². The van der Waals surface area contributed by atoms with Crippen LogP contribution in [-0.4, -0.2) is 35.0 Å². The Kier molecular flexibility index (Phi) is 4.91. The average molecular weight is 435 g/mol. The third kappa shape index (κ3) is 3.73. The fraction of sp³-hybridized carbons (Fsp3) is 0.263. The molecule has 0 bridgehead atoms. The summed E-state index contributed by atoms with van der Waals surface area (Å²) in [5.74, 6) is -0.223. The zero-order valence-electron chi connectivity index (χ0n) is 13.8. The Bertz CT molecular complexity index is 936. The number of piperidine rings is 1. The lowest BCUT2D eigenvalue weighted by molar-refractivity contribution is 0.0595. The van der Waals surface area contributed by atoms with Gasteiger partial charge >= 0.3 is 0 Å². The number of carbonyl (C=O) groups excluding carboxylic acids is 1. The number of ether oxygens (including phenoxy) is 1. The summed E-state index contributed by atoms with van der Waals surface area (Å²) < 4.78 is 21.0. The van der Waals surface area contributed by atoms with Crippen molar-refractivity contribution < 1.29 is 13.9 Å². The molecule has 2 heterocycles. The van der Waals surface area contributed by atoms with Crippen molar-refractivity contribution in [2.24, 2.45) is 0 Å². The number of benzene rings is 2. The molecule has 0 saturated carbocycles. The monoisotopic (exact) mass is 434 g/mol. The van der Waals surface area contributed by atoms with Crippen LogP contribution >= 0.6 is 27.3 Å². The van der Waals surface area contributed by atoms with Crippen LogP contribution in [0.4, 0.5) is 4.39 Å². The molecule has 0 aliphatic carbocycles. The molecule has 0 radical (unpaired) electrons. The molecule has 4 nitrogen and oxygen atoms in total. The van der Waals surface area contributed by atoms with Gasteiger partial charge in [-0.2, -0.15) is 0 Å². The number of nitrogens with zero attached hydrogens (tertiary/aromatic N) is 2. The molecule has 1 amide bonds. The highest BCUT2D eigenvalue weighted by molar-refractivity contribution is 9.10. The van der Waals surface area contributed by atoms with Gasteiger partial charge in [0.1, 0.15) is 11.9 Å². The van der Waals surface area contributed by atoms with E-state index in [1.54, 1.807) is 6.07 Å². The van der Waals surface area contributed by atoms with E-state index in [4.69, 9.17) is 4.74 Å². The minimum absolute atomic E-state index is 0.0226. The summed E-state index contributed by atoms with van der Waals surface area (Å²) in [7, 11) is 0. The normalized spacial score (nSPS) is 15.4. The predicted octanol–water partition coefficient (Wildman–Crippen LogP) is 4.88. The van der Waals surface area contributed by atoms with Gasteiger partial charge in [-0.3, -0.25) is 4.79 Å². The largest absolute Gasteiger partial charge is 0.467 e. The van der Waals surface area contributed by atoms with Crippen molar-refractivity contribution in [3.63, 3.8) is 0 Å². The Balaban J connectivity index is 1.37. The molecule has 1 saturated heterocycles. The summed E-state index contributed by atoms with van der Waals surface area (Å²) >= 11 is 4.73. The van der Waals surface area contributed by atoms with E-state index in [0.717, 1.165) is 27.5 Å². The van der Waals surface area contributed by atoms with Crippen LogP contribution in [0.15, 0.2) is 46.9 Å². The maximum absolute atomic E-state index is 13.3. The van der Waals surface area contributed by atoms with Gasteiger partial charge in [0.2, 0.25) is 0 Å². The van der Waals surface area contributed by atoms with Gasteiger partial charge in [-0.15, -0.1) is 0 Å². The molecule has 0 atom stereocenters. The third-order valence-corrected chi connectivity index (χ3v) is 5.86. The average Bonchev–Trinajstić information content (AvgIpc) is 3.03. The first kappa shape index (κ1) is 17.4. The van der Waals surface area contributed by atoms with Crippen LogP contribution in [0.3, 0.4) is 0 Å². The minimum Gasteiger partial charge on any atom is -0.467 e. The van der Waals surface area contributed by atoms with Crippen molar-refractivity contribution in [2.75, 3.05) is 13.1 Å². The zero-order valence-corrected chi connectivity index (χ0v) is 16.2. The highest BCUT2D eigenvalue weighted by Crippen LogP contribution is 2.30. The maximum atomic E-state index is 13.3. The number of amides is 1. The van der Waals surface area contributed by atoms with Crippen LogP contribution in [-0.2, 0) is 0 Å². The number of rotatable bonds is 3. The van der Waals surface area contributed by atoms with Gasteiger partial charge in [0.05, 0.1) is 10.2 Å². The van der Waals surface area contributed by atoms with Crippen molar-refractivity contribution in [2.45, 2.75) is 18.9 Å². The molecular formula is C19H16BrFN2O2S. The van der Waals surface area contributed by atoms with Crippen LogP contribution in [0.25, 0.3) is 10.2 Å². The zero-order chi connectivity index (χ0) is 18.1. The SMILES string of the molecule is O=C(c1ccc(Br)cc1)N1CCC(Oc2nc3ccc(F)cc3s2)CC1. The highest BCUT2D eigenvalue weighted by Gasteiger charge is 2.25. The second-order valence-electron chi connectivity index (χ2n) is 6.21. The van der Waals surface area contributed by atoms with E-state index in [-0.39, 0.29) is 17.8 Å². The topological polar surface area (TPSA) is 42.4 Å². The standard InChI is InChI=1S/C19H16BrFN2O2S/c20-13-3-1-12(2-4-13)18(24)23-9-7-15(8-10-23)25-19-22-16-6-5-14(21)11-17(16)26-19/h1-6,11,15H,7-10H2. The van der Waals surface area contributed by atoms with Gasteiger partial charge in [-0.05, 0) is 42.5 Å². The smallest absolute Gasteiger partial charge is 0.274 e. The molecule has 1 aliphatic rings. The quantitative estimate of drug-likeness (QED) is 0.589. The first-order valence-corrected chi connectivity index (χ1v) is 9.97. The summed E-state index contributed by atoms with van der Waals surface area (Å²) in [5, 5.41) is 0.559. The molecule has 3 aromatic rings. The Labute approximate surface area is 162 Å². The molecule has 0 N–H and O–H groups in total. The first-order chi connectivity index (χ1) is 12.6. The number of aromatic nitrogens is 1. The molecular weight excluding hydrogens is 419 g/mol. The molecule has 2 aromatic carbocycles. The minimum atomic E-state index is -0.271. The lowest BCUT2D eigenvalue weighted by atomic mass is 10.1. The van der Waals surface area contributed by atoms with E-state index < -0.39 is 0 Å². The number of carbonyl (C=O) groups is 1. The lowest BCUT2D eigenvalue weighted by Gasteiger charge is -2.31. The van der Waals surface area contributed by atoms with Crippen LogP contribution in [0.2, 0.25) is 0 Å². The van der Waals surface area contributed by atoms with Crippen molar-refractivity contribution in [1.82, 2.24) is 9.88 Å². The number of halogens is 2. The van der Waals surface area contributed by atoms with E-state index in [1.165, 1.54) is 23.5 Å². The summed E-state index contributed by atoms with van der Waals surface area (Å²) in [6, 6.07) is 11.9. The van der Waals surface area contributed by atoms with Crippen molar-refractivity contribution >= 4 is 43.4 Å². The molecule has 1 fully saturated rings. The number of hydrogen-bond acceptors (Lipinski definition) is 4. The number of hydrogen-bond donors (Lipinski definition) is 0. The predicted molar refractivity (Wildman–Crippen MR) is 103 cm³/mol. The third-order valence-electron chi connectivity index (χ3n) is 4.42. The maximum Gasteiger partial charge on any atom is 0.274 e. The number of thiazole rings is 1. The lowest BCUT2D eigenvalue weighted by Crippen LogP contribution is -2.41. The Morgan fingerprint density at radius 2 is 1.92 bits per heavy atom. The molecule has 1 aliphatic heterocycles. The molecule has 134 valence electrons. The van der Waals surface area contributed by atoms with Gasteiger partial charge in [-0.1, -0.05) is 27.3 Å². The van der Waals surface area contributed by atoms with Gasteiger partial charge < -0.3 is 9.64 Å². The summed E-state index contributed by atoms with van der Waals surface area (Å²) in [6.45, 7) is 1.30. The first-order valence-electron chi connectivity index (χ1n) is 8.36. The van der Waals surface area contributed by atoms with Crippen LogP contribution < -0.4 is 4.74 Å². The van der Waals surface area contributed by atoms with Gasteiger partial charge in [0.25, 0.3) is 11.1 Å². The molecule has 7 heteroatoms. The van der Waals surface area contributed by atoms with Crippen LogP contribution in [0, 0.1) is 5.82 Å². The molecule has 1 aromatic heterocycles. The Hall–Kier alpha value is -1.99. The van der Waals surface area contributed by atoms with Crippen molar-refractivity contribution in [3.05, 3.63) is 58.3 Å². The number of fused-ring (bicyclic) bond motifs is 1. The summed E-state index contributed by atoms with van der Waals surface area (Å²) in [5.41, 5.74) is 1.44. The Morgan fingerprint density at radius 1 is 1.19 bits per heavy atom. The van der Waals surface area contributed by atoms with Gasteiger partial charge in [0.15, 0.2) is 0 Å². The molecule has 26 heavy (non-hydrogen) atoms. The number of likely N-dealkylation sites (tertiary alicyclic amines) is 1. The van der Waals surface area contributed by atoms with Crippen molar-refractivity contribution in [1.29, 1.82) is 0 Å². The Morgan fingerprint density at radius 3 is 2.65 bits per heavy atom. The van der Waals surface area contributed by atoms with E-state index in [0.29, 0.717) is 23.8 Å². The van der Waals surface area contributed by atoms with Gasteiger partial charge in [0, 0.05) is 36.0 Å². The summed E-state index contributed by atoms with van der Waals surface area (Å²) in [4.78, 5) is 18.8.